The highest BCUT2D eigenvalue weighted by atomic mass is 16.5. The Bertz CT molecular complexity index is 791. The van der Waals surface area contributed by atoms with Crippen LogP contribution in [0, 0.1) is 17.2 Å². The van der Waals surface area contributed by atoms with Crippen molar-refractivity contribution in [1.82, 2.24) is 14.8 Å². The molecule has 1 fully saturated rings. The summed E-state index contributed by atoms with van der Waals surface area (Å²) >= 11 is 0. The van der Waals surface area contributed by atoms with Gasteiger partial charge in [0.25, 0.3) is 0 Å². The van der Waals surface area contributed by atoms with E-state index in [1.165, 1.54) is 5.56 Å². The van der Waals surface area contributed by atoms with Crippen molar-refractivity contribution in [3.05, 3.63) is 40.8 Å². The molecule has 1 aliphatic carbocycles. The zero-order valence-corrected chi connectivity index (χ0v) is 13.8. The second-order valence-electron chi connectivity index (χ2n) is 6.56. The third kappa shape index (κ3) is 2.65. The molecule has 124 valence electrons. The van der Waals surface area contributed by atoms with Crippen molar-refractivity contribution in [2.24, 2.45) is 13.0 Å². The highest BCUT2D eigenvalue weighted by molar-refractivity contribution is 5.55. The highest BCUT2D eigenvalue weighted by Crippen LogP contribution is 2.34. The molecule has 2 aromatic heterocycles. The molecule has 2 atom stereocenters. The van der Waals surface area contributed by atoms with E-state index in [4.69, 9.17) is 9.72 Å². The molecule has 1 saturated heterocycles. The predicted molar refractivity (Wildman–Crippen MR) is 89.5 cm³/mol. The number of aromatic nitrogens is 3. The van der Waals surface area contributed by atoms with Crippen molar-refractivity contribution < 1.29 is 4.74 Å². The number of pyridine rings is 1. The smallest absolute Gasteiger partial charge is 0.144 e. The number of ether oxygens (including phenoxy) is 1. The van der Waals surface area contributed by atoms with E-state index in [2.05, 4.69) is 16.5 Å². The largest absolute Gasteiger partial charge is 0.372 e. The Labute approximate surface area is 141 Å². The molecule has 4 rings (SSSR count). The summed E-state index contributed by atoms with van der Waals surface area (Å²) < 4.78 is 7.80. The number of nitrogens with zero attached hydrogens (tertiary/aromatic N) is 4. The average molecular weight is 323 g/mol. The quantitative estimate of drug-likeness (QED) is 0.935. The molecule has 1 aliphatic heterocycles. The van der Waals surface area contributed by atoms with E-state index in [0.29, 0.717) is 17.3 Å². The Kier molecular flexibility index (Phi) is 3.95. The molecule has 0 spiro atoms. The monoisotopic (exact) mass is 323 g/mol. The van der Waals surface area contributed by atoms with Crippen molar-refractivity contribution >= 4 is 5.82 Å². The number of anilines is 1. The molecule has 0 bridgehead atoms. The minimum Gasteiger partial charge on any atom is -0.372 e. The van der Waals surface area contributed by atoms with Crippen LogP contribution in [-0.4, -0.2) is 27.9 Å². The molecule has 0 amide bonds. The number of nitrogens with one attached hydrogen (secondary N) is 1. The van der Waals surface area contributed by atoms with E-state index >= 15 is 0 Å². The van der Waals surface area contributed by atoms with Gasteiger partial charge in [0, 0.05) is 38.0 Å². The van der Waals surface area contributed by atoms with Gasteiger partial charge in [-0.25, -0.2) is 4.98 Å². The zero-order chi connectivity index (χ0) is 16.5. The van der Waals surface area contributed by atoms with Gasteiger partial charge in [0.1, 0.15) is 18.0 Å². The first-order valence-electron chi connectivity index (χ1n) is 8.52. The predicted octanol–water partition coefficient (Wildman–Crippen LogP) is 2.37. The zero-order valence-electron chi connectivity index (χ0n) is 13.8. The van der Waals surface area contributed by atoms with Crippen LogP contribution in [-0.2, 0) is 24.6 Å². The van der Waals surface area contributed by atoms with Gasteiger partial charge in [0.05, 0.1) is 11.3 Å². The summed E-state index contributed by atoms with van der Waals surface area (Å²) in [6.45, 7) is 1.50. The summed E-state index contributed by atoms with van der Waals surface area (Å²) in [6.07, 6.45) is 6.03. The lowest BCUT2D eigenvalue weighted by Gasteiger charge is -2.20. The molecule has 24 heavy (non-hydrogen) atoms. The minimum absolute atomic E-state index is 0.0463. The van der Waals surface area contributed by atoms with Crippen molar-refractivity contribution in [1.29, 1.82) is 5.26 Å². The van der Waals surface area contributed by atoms with Crippen LogP contribution in [0.1, 0.15) is 41.5 Å². The van der Waals surface area contributed by atoms with Gasteiger partial charge >= 0.3 is 0 Å². The molecule has 6 heteroatoms. The normalized spacial score (nSPS) is 22.3. The van der Waals surface area contributed by atoms with E-state index < -0.39 is 0 Å². The topological polar surface area (TPSA) is 75.8 Å². The first kappa shape index (κ1) is 15.2. The third-order valence-corrected chi connectivity index (χ3v) is 5.07. The lowest BCUT2D eigenvalue weighted by Crippen LogP contribution is -2.21. The number of fused-ring (bicyclic) bond motifs is 1. The third-order valence-electron chi connectivity index (χ3n) is 5.07. The van der Waals surface area contributed by atoms with Crippen molar-refractivity contribution in [2.75, 3.05) is 18.5 Å². The van der Waals surface area contributed by atoms with Gasteiger partial charge in [-0.1, -0.05) is 0 Å². The van der Waals surface area contributed by atoms with Crippen LogP contribution in [0.15, 0.2) is 18.3 Å². The van der Waals surface area contributed by atoms with Crippen LogP contribution in [0.25, 0.3) is 0 Å². The Balaban J connectivity index is 1.51. The summed E-state index contributed by atoms with van der Waals surface area (Å²) in [7, 11) is 1.94. The first-order chi connectivity index (χ1) is 11.8. The highest BCUT2D eigenvalue weighted by Gasteiger charge is 2.31. The van der Waals surface area contributed by atoms with E-state index in [-0.39, 0.29) is 6.10 Å². The van der Waals surface area contributed by atoms with Crippen molar-refractivity contribution in [3.63, 3.8) is 0 Å². The molecule has 1 N–H and O–H groups in total. The van der Waals surface area contributed by atoms with Gasteiger partial charge in [0.15, 0.2) is 0 Å². The fourth-order valence-corrected chi connectivity index (χ4v) is 3.75. The first-order valence-corrected chi connectivity index (χ1v) is 8.52. The van der Waals surface area contributed by atoms with Crippen LogP contribution in [0.4, 0.5) is 5.82 Å². The molecule has 0 unspecified atom stereocenters. The lowest BCUT2D eigenvalue weighted by molar-refractivity contribution is 0.0866. The van der Waals surface area contributed by atoms with Crippen LogP contribution < -0.4 is 5.32 Å². The summed E-state index contributed by atoms with van der Waals surface area (Å²) in [4.78, 5) is 4.70. The van der Waals surface area contributed by atoms with Gasteiger partial charge < -0.3 is 10.1 Å². The lowest BCUT2D eigenvalue weighted by atomic mass is 9.99. The molecular formula is C18H21N5O. The number of hydrogen-bond acceptors (Lipinski definition) is 5. The molecule has 2 aromatic rings. The SMILES string of the molecule is Cn1nccc1[C@@H]1OCC[C@H]1CNc1nc2c(cc1C#N)CCC2. The molecule has 3 heterocycles. The maximum absolute atomic E-state index is 9.41. The van der Waals surface area contributed by atoms with E-state index in [1.54, 1.807) is 6.20 Å². The Hall–Kier alpha value is -2.39. The Morgan fingerprint density at radius 3 is 3.17 bits per heavy atom. The van der Waals surface area contributed by atoms with Gasteiger partial charge in [-0.05, 0) is 43.4 Å². The van der Waals surface area contributed by atoms with Crippen molar-refractivity contribution in [3.8, 4) is 6.07 Å². The molecule has 2 aliphatic rings. The van der Waals surface area contributed by atoms with E-state index in [9.17, 15) is 5.26 Å². The Morgan fingerprint density at radius 1 is 1.46 bits per heavy atom. The van der Waals surface area contributed by atoms with Crippen molar-refractivity contribution in [2.45, 2.75) is 31.8 Å². The van der Waals surface area contributed by atoms with Crippen LogP contribution >= 0.6 is 0 Å². The maximum atomic E-state index is 9.41. The van der Waals surface area contributed by atoms with Gasteiger partial charge in [-0.3, -0.25) is 4.68 Å². The van der Waals surface area contributed by atoms with Crippen LogP contribution in [0.2, 0.25) is 0 Å². The number of nitriles is 1. The van der Waals surface area contributed by atoms with Crippen LogP contribution in [0.5, 0.6) is 0 Å². The number of rotatable bonds is 4. The molecule has 0 saturated carbocycles. The fraction of sp³-hybridized carbons (Fsp3) is 0.500. The minimum atomic E-state index is 0.0463. The maximum Gasteiger partial charge on any atom is 0.144 e. The van der Waals surface area contributed by atoms with E-state index in [1.807, 2.05) is 23.9 Å². The molecule has 0 aromatic carbocycles. The number of aryl methyl sites for hydroxylation is 3. The second-order valence-corrected chi connectivity index (χ2v) is 6.56. The number of hydrogen-bond donors (Lipinski definition) is 1. The van der Waals surface area contributed by atoms with E-state index in [0.717, 1.165) is 50.2 Å². The Morgan fingerprint density at radius 2 is 2.38 bits per heavy atom. The van der Waals surface area contributed by atoms with Crippen LogP contribution in [0.3, 0.4) is 0 Å². The standard InChI is InChI=1S/C18H21N5O/c1-23-16(5-7-21-23)17-13(6-8-24-17)11-20-18-14(10-19)9-12-3-2-4-15(12)22-18/h5,7,9,13,17H,2-4,6,8,11H2,1H3,(H,20,22)/t13-,17+/m0/s1. The van der Waals surface area contributed by atoms with Gasteiger partial charge in [-0.15, -0.1) is 0 Å². The summed E-state index contributed by atoms with van der Waals surface area (Å²) in [5, 5.41) is 17.1. The molecule has 0 radical (unpaired) electrons. The molecular weight excluding hydrogens is 302 g/mol. The second kappa shape index (κ2) is 6.25. The summed E-state index contributed by atoms with van der Waals surface area (Å²) in [6, 6.07) is 6.29. The molecule has 6 nitrogen and oxygen atoms in total. The summed E-state index contributed by atoms with van der Waals surface area (Å²) in [5.41, 5.74) is 4.12. The van der Waals surface area contributed by atoms with Gasteiger partial charge in [0.2, 0.25) is 0 Å². The van der Waals surface area contributed by atoms with Gasteiger partial charge in [-0.2, -0.15) is 10.4 Å². The summed E-state index contributed by atoms with van der Waals surface area (Å²) in [5.74, 6) is 1.07. The fourth-order valence-electron chi connectivity index (χ4n) is 3.75. The average Bonchev–Trinajstić information content (AvgIpc) is 3.31.